The highest BCUT2D eigenvalue weighted by Crippen LogP contribution is 2.43. The highest BCUT2D eigenvalue weighted by atomic mass is 35.5. The number of oxazole rings is 1. The van der Waals surface area contributed by atoms with Crippen molar-refractivity contribution in [2.24, 2.45) is 0 Å². The molecular weight excluding hydrogens is 469 g/mol. The average Bonchev–Trinajstić information content (AvgIpc) is 3.44. The van der Waals surface area contributed by atoms with Crippen LogP contribution in [0.4, 0.5) is 13.2 Å². The Kier molecular flexibility index (Phi) is 5.59. The van der Waals surface area contributed by atoms with Crippen LogP contribution in [0.5, 0.6) is 5.75 Å². The molecule has 176 valence electrons. The number of rotatable bonds is 4. The van der Waals surface area contributed by atoms with E-state index in [4.69, 9.17) is 20.8 Å². The molecule has 1 aliphatic heterocycles. The predicted octanol–water partition coefficient (Wildman–Crippen LogP) is 6.52. The van der Waals surface area contributed by atoms with Gasteiger partial charge in [0, 0.05) is 30.0 Å². The van der Waals surface area contributed by atoms with Crippen LogP contribution in [0.15, 0.2) is 47.0 Å². The van der Waals surface area contributed by atoms with Gasteiger partial charge < -0.3 is 13.7 Å². The van der Waals surface area contributed by atoms with Crippen molar-refractivity contribution >= 4 is 11.6 Å². The number of methoxy groups -OCH3 is 1. The maximum Gasteiger partial charge on any atom is 0.416 e. The van der Waals surface area contributed by atoms with Crippen LogP contribution in [0.3, 0.4) is 0 Å². The molecule has 5 rings (SSSR count). The lowest BCUT2D eigenvalue weighted by Crippen LogP contribution is -2.21. The molecule has 2 aromatic carbocycles. The van der Waals surface area contributed by atoms with E-state index in [1.54, 1.807) is 20.2 Å². The van der Waals surface area contributed by atoms with Gasteiger partial charge in [-0.3, -0.25) is 0 Å². The lowest BCUT2D eigenvalue weighted by Gasteiger charge is -2.26. The second kappa shape index (κ2) is 8.47. The molecule has 10 heteroatoms. The molecule has 0 N–H and O–H groups in total. The molecule has 0 fully saturated rings. The Balaban J connectivity index is 1.57. The first-order valence-electron chi connectivity index (χ1n) is 10.7. The third-order valence-corrected chi connectivity index (χ3v) is 6.24. The summed E-state index contributed by atoms with van der Waals surface area (Å²) in [5.41, 5.74) is 0.893. The second-order valence-corrected chi connectivity index (χ2v) is 8.55. The van der Waals surface area contributed by atoms with Crippen LogP contribution >= 0.6 is 11.6 Å². The highest BCUT2D eigenvalue weighted by Gasteiger charge is 2.38. The van der Waals surface area contributed by atoms with Gasteiger partial charge in [-0.1, -0.05) is 23.7 Å². The van der Waals surface area contributed by atoms with E-state index >= 15 is 0 Å². The Hall–Kier alpha value is -3.33. The SMILES string of the molecule is COc1cc(-c2nnc3n2CCC[C@H]3c2ccc(Cl)cc2C(F)(F)F)ccc1-c1cnc(C)o1. The molecule has 0 aliphatic carbocycles. The van der Waals surface area contributed by atoms with Gasteiger partial charge in [-0.25, -0.2) is 4.98 Å². The number of hydrogen-bond acceptors (Lipinski definition) is 5. The number of alkyl halides is 3. The minimum absolute atomic E-state index is 0.0446. The smallest absolute Gasteiger partial charge is 0.416 e. The van der Waals surface area contributed by atoms with Crippen LogP contribution in [-0.4, -0.2) is 26.9 Å². The number of aryl methyl sites for hydroxylation is 1. The molecule has 0 saturated heterocycles. The molecule has 0 unspecified atom stereocenters. The normalized spacial score (nSPS) is 15.9. The van der Waals surface area contributed by atoms with Crippen LogP contribution in [0.2, 0.25) is 5.02 Å². The van der Waals surface area contributed by atoms with Crippen LogP contribution in [0, 0.1) is 6.92 Å². The molecule has 4 aromatic rings. The van der Waals surface area contributed by atoms with E-state index in [1.807, 2.05) is 22.8 Å². The minimum atomic E-state index is -4.52. The topological polar surface area (TPSA) is 66.0 Å². The van der Waals surface area contributed by atoms with Gasteiger partial charge in [0.25, 0.3) is 0 Å². The van der Waals surface area contributed by atoms with E-state index in [2.05, 4.69) is 15.2 Å². The Bertz CT molecular complexity index is 1360. The summed E-state index contributed by atoms with van der Waals surface area (Å²) >= 11 is 5.88. The first kappa shape index (κ1) is 22.5. The predicted molar refractivity (Wildman–Crippen MR) is 120 cm³/mol. The average molecular weight is 489 g/mol. The van der Waals surface area contributed by atoms with Gasteiger partial charge in [0.1, 0.15) is 11.6 Å². The summed E-state index contributed by atoms with van der Waals surface area (Å²) in [6, 6.07) is 9.42. The van der Waals surface area contributed by atoms with Crippen molar-refractivity contribution in [3.63, 3.8) is 0 Å². The van der Waals surface area contributed by atoms with Crippen LogP contribution in [-0.2, 0) is 12.7 Å². The van der Waals surface area contributed by atoms with Gasteiger partial charge in [0.05, 0.1) is 24.4 Å². The van der Waals surface area contributed by atoms with E-state index in [1.165, 1.54) is 12.1 Å². The van der Waals surface area contributed by atoms with E-state index in [0.717, 1.165) is 17.2 Å². The zero-order valence-corrected chi connectivity index (χ0v) is 19.1. The third-order valence-electron chi connectivity index (χ3n) is 6.01. The van der Waals surface area contributed by atoms with E-state index < -0.39 is 17.7 Å². The van der Waals surface area contributed by atoms with Crippen molar-refractivity contribution in [2.75, 3.05) is 7.11 Å². The van der Waals surface area contributed by atoms with Crippen molar-refractivity contribution in [1.29, 1.82) is 0 Å². The van der Waals surface area contributed by atoms with Gasteiger partial charge >= 0.3 is 6.18 Å². The molecule has 2 aromatic heterocycles. The quantitative estimate of drug-likeness (QED) is 0.327. The summed E-state index contributed by atoms with van der Waals surface area (Å²) in [5.74, 6) is 2.22. The van der Waals surface area contributed by atoms with Crippen LogP contribution in [0.1, 0.15) is 41.6 Å². The van der Waals surface area contributed by atoms with Crippen molar-refractivity contribution in [3.05, 3.63) is 70.5 Å². The van der Waals surface area contributed by atoms with Crippen molar-refractivity contribution in [1.82, 2.24) is 19.7 Å². The first-order valence-corrected chi connectivity index (χ1v) is 11.0. The molecule has 0 bridgehead atoms. The van der Waals surface area contributed by atoms with Crippen molar-refractivity contribution in [2.45, 2.75) is 38.4 Å². The fourth-order valence-corrected chi connectivity index (χ4v) is 4.65. The van der Waals surface area contributed by atoms with Gasteiger partial charge in [0.2, 0.25) is 0 Å². The second-order valence-electron chi connectivity index (χ2n) is 8.12. The number of fused-ring (bicyclic) bond motifs is 1. The van der Waals surface area contributed by atoms with Gasteiger partial charge in [-0.05, 0) is 42.7 Å². The molecule has 0 spiro atoms. The standard InChI is InChI=1S/C24H20ClF3N4O2/c1-13-29-12-21(34-13)18-7-5-14(10-20(18)33-2)22-30-31-23-17(4-3-9-32(22)23)16-8-6-15(25)11-19(16)24(26,27)28/h5-8,10-12,17H,3-4,9H2,1-2H3/t17-/m0/s1. The van der Waals surface area contributed by atoms with Gasteiger partial charge in [-0.15, -0.1) is 10.2 Å². The molecule has 0 radical (unpaired) electrons. The lowest BCUT2D eigenvalue weighted by molar-refractivity contribution is -0.138. The monoisotopic (exact) mass is 488 g/mol. The summed E-state index contributed by atoms with van der Waals surface area (Å²) < 4.78 is 54.4. The lowest BCUT2D eigenvalue weighted by atomic mass is 9.87. The Morgan fingerprint density at radius 2 is 1.97 bits per heavy atom. The van der Waals surface area contributed by atoms with Gasteiger partial charge in [-0.2, -0.15) is 13.2 Å². The third kappa shape index (κ3) is 3.94. The highest BCUT2D eigenvalue weighted by molar-refractivity contribution is 6.30. The van der Waals surface area contributed by atoms with Crippen LogP contribution in [0.25, 0.3) is 22.7 Å². The molecule has 1 aliphatic rings. The van der Waals surface area contributed by atoms with Crippen LogP contribution < -0.4 is 4.74 Å². The molecule has 0 amide bonds. The maximum atomic E-state index is 13.8. The molecule has 6 nitrogen and oxygen atoms in total. The molecule has 34 heavy (non-hydrogen) atoms. The molecule has 0 saturated carbocycles. The molecule has 1 atom stereocenters. The number of aromatic nitrogens is 4. The summed E-state index contributed by atoms with van der Waals surface area (Å²) in [6.45, 7) is 2.36. The summed E-state index contributed by atoms with van der Waals surface area (Å²) in [6.07, 6.45) is -1.67. The minimum Gasteiger partial charge on any atom is -0.496 e. The van der Waals surface area contributed by atoms with E-state index in [-0.39, 0.29) is 10.6 Å². The molecule has 3 heterocycles. The Labute approximate surface area is 198 Å². The van der Waals surface area contributed by atoms with E-state index in [0.29, 0.717) is 48.4 Å². The zero-order valence-electron chi connectivity index (χ0n) is 18.4. The van der Waals surface area contributed by atoms with E-state index in [9.17, 15) is 13.2 Å². The van der Waals surface area contributed by atoms with Gasteiger partial charge in [0.15, 0.2) is 17.5 Å². The summed E-state index contributed by atoms with van der Waals surface area (Å²) in [5, 5.41) is 8.71. The zero-order chi connectivity index (χ0) is 24.0. The number of benzene rings is 2. The summed E-state index contributed by atoms with van der Waals surface area (Å²) in [7, 11) is 1.56. The number of ether oxygens (including phenoxy) is 1. The summed E-state index contributed by atoms with van der Waals surface area (Å²) in [4.78, 5) is 4.13. The number of nitrogens with zero attached hydrogens (tertiary/aromatic N) is 4. The van der Waals surface area contributed by atoms with Crippen molar-refractivity contribution < 1.29 is 22.3 Å². The number of halogens is 4. The largest absolute Gasteiger partial charge is 0.496 e. The first-order chi connectivity index (χ1) is 16.3. The maximum absolute atomic E-state index is 13.8. The Morgan fingerprint density at radius 1 is 1.15 bits per heavy atom. The fraction of sp³-hybridized carbons (Fsp3) is 0.292. The fourth-order valence-electron chi connectivity index (χ4n) is 4.48. The number of hydrogen-bond donors (Lipinski definition) is 0. The molecular formula is C24H20ClF3N4O2. The van der Waals surface area contributed by atoms with Crippen molar-refractivity contribution in [3.8, 4) is 28.5 Å². The Morgan fingerprint density at radius 3 is 2.68 bits per heavy atom.